The monoisotopic (exact) mass is 276 g/mol. The lowest BCUT2D eigenvalue weighted by Gasteiger charge is -2.41. The maximum Gasteiger partial charge on any atom is 0.00810 e. The van der Waals surface area contributed by atoms with Gasteiger partial charge in [-0.25, -0.2) is 0 Å². The van der Waals surface area contributed by atoms with Gasteiger partial charge in [0.25, 0.3) is 0 Å². The minimum atomic E-state index is 0.881. The summed E-state index contributed by atoms with van der Waals surface area (Å²) in [6.45, 7) is 6.43. The molecule has 4 rings (SSSR count). The average Bonchev–Trinajstić information content (AvgIpc) is 3.15. The second-order valence-corrected chi connectivity index (χ2v) is 8.95. The van der Waals surface area contributed by atoms with Gasteiger partial charge in [0, 0.05) is 5.25 Å². The van der Waals surface area contributed by atoms with Gasteiger partial charge in [0.05, 0.1) is 0 Å². The van der Waals surface area contributed by atoms with Gasteiger partial charge in [0.2, 0.25) is 0 Å². The topological polar surface area (TPSA) is 0 Å². The number of thioether (sulfide) groups is 1. The Kier molecular flexibility index (Phi) is 3.25. The van der Waals surface area contributed by atoms with E-state index in [1.54, 1.807) is 19.3 Å². The van der Waals surface area contributed by atoms with Crippen molar-refractivity contribution in [3.05, 3.63) is 12.7 Å². The quantitative estimate of drug-likeness (QED) is 0.387. The Bertz CT molecular complexity index is 363. The van der Waals surface area contributed by atoms with Gasteiger partial charge < -0.3 is 0 Å². The van der Waals surface area contributed by atoms with Crippen LogP contribution in [0.5, 0.6) is 0 Å². The highest BCUT2D eigenvalue weighted by atomic mass is 32.2. The van der Waals surface area contributed by atoms with Crippen molar-refractivity contribution in [1.82, 2.24) is 0 Å². The Labute approximate surface area is 122 Å². The van der Waals surface area contributed by atoms with E-state index in [0.29, 0.717) is 0 Å². The molecule has 4 saturated carbocycles. The van der Waals surface area contributed by atoms with Gasteiger partial charge in [-0.3, -0.25) is 0 Å². The third-order valence-corrected chi connectivity index (χ3v) is 8.44. The molecule has 4 aliphatic carbocycles. The molecule has 0 saturated heterocycles. The average molecular weight is 276 g/mol. The van der Waals surface area contributed by atoms with Crippen molar-refractivity contribution in [2.24, 2.45) is 41.4 Å². The SMILES string of the molecule is C=C[C@H]1C[C@H]2C[C@@H]1C1C2[C@@H]2C[C@@H](SCCCC)[C@H]1C2. The molecule has 0 N–H and O–H groups in total. The van der Waals surface area contributed by atoms with E-state index in [4.69, 9.17) is 0 Å². The second kappa shape index (κ2) is 4.83. The molecule has 4 fully saturated rings. The smallest absolute Gasteiger partial charge is 0.00810 e. The van der Waals surface area contributed by atoms with Crippen LogP contribution in [0.3, 0.4) is 0 Å². The highest BCUT2D eigenvalue weighted by Gasteiger charge is 2.63. The molecule has 4 bridgehead atoms. The fourth-order valence-electron chi connectivity index (χ4n) is 6.44. The van der Waals surface area contributed by atoms with Crippen molar-refractivity contribution in [3.8, 4) is 0 Å². The first kappa shape index (κ1) is 12.8. The molecular formula is C18H28S. The van der Waals surface area contributed by atoms with Crippen LogP contribution in [0.2, 0.25) is 0 Å². The summed E-state index contributed by atoms with van der Waals surface area (Å²) in [5, 5.41) is 1.03. The number of unbranched alkanes of at least 4 members (excludes halogenated alkanes) is 1. The van der Waals surface area contributed by atoms with E-state index in [-0.39, 0.29) is 0 Å². The number of hydrogen-bond donors (Lipinski definition) is 0. The zero-order valence-electron chi connectivity index (χ0n) is 12.3. The van der Waals surface area contributed by atoms with Crippen LogP contribution in [-0.2, 0) is 0 Å². The summed E-state index contributed by atoms with van der Waals surface area (Å²) in [5.74, 6) is 8.90. The molecule has 1 heteroatoms. The summed E-state index contributed by atoms with van der Waals surface area (Å²) in [6.07, 6.45) is 11.3. The van der Waals surface area contributed by atoms with Gasteiger partial charge in [-0.1, -0.05) is 19.4 Å². The molecule has 0 aromatic carbocycles. The molecule has 0 nitrogen and oxygen atoms in total. The standard InChI is InChI=1S/C18H28S/c1-3-5-6-19-16-10-13-9-15(16)18-14-8-12(17(13)18)7-11(14)4-2/h4,11-18H,2-3,5-10H2,1H3/t11-,12-,13-,14-,15+,16+,17?,18?/m0/s1. The van der Waals surface area contributed by atoms with Crippen molar-refractivity contribution in [3.63, 3.8) is 0 Å². The maximum absolute atomic E-state index is 4.11. The Morgan fingerprint density at radius 1 is 1.05 bits per heavy atom. The molecule has 0 spiro atoms. The van der Waals surface area contributed by atoms with Gasteiger partial charge in [-0.15, -0.1) is 6.58 Å². The molecule has 0 aliphatic heterocycles. The lowest BCUT2D eigenvalue weighted by Crippen LogP contribution is -2.36. The number of fused-ring (bicyclic) bond motifs is 9. The fraction of sp³-hybridized carbons (Fsp3) is 0.889. The summed E-state index contributed by atoms with van der Waals surface area (Å²) in [7, 11) is 0. The molecule has 0 radical (unpaired) electrons. The third-order valence-electron chi connectivity index (χ3n) is 6.94. The predicted octanol–water partition coefficient (Wildman–Crippen LogP) is 5.00. The maximum atomic E-state index is 4.11. The van der Waals surface area contributed by atoms with Crippen LogP contribution in [0.15, 0.2) is 12.7 Å². The molecule has 0 aromatic heterocycles. The minimum absolute atomic E-state index is 0.881. The number of allylic oxidation sites excluding steroid dienone is 1. The molecule has 0 amide bonds. The molecule has 8 atom stereocenters. The Morgan fingerprint density at radius 3 is 2.63 bits per heavy atom. The number of hydrogen-bond acceptors (Lipinski definition) is 1. The normalized spacial score (nSPS) is 53.7. The highest BCUT2D eigenvalue weighted by Crippen LogP contribution is 2.70. The first-order valence-corrected chi connectivity index (χ1v) is 9.62. The molecule has 0 heterocycles. The van der Waals surface area contributed by atoms with Gasteiger partial charge in [0.15, 0.2) is 0 Å². The zero-order chi connectivity index (χ0) is 13.0. The second-order valence-electron chi connectivity index (χ2n) is 7.61. The van der Waals surface area contributed by atoms with E-state index in [1.807, 2.05) is 0 Å². The van der Waals surface area contributed by atoms with E-state index in [1.165, 1.54) is 25.0 Å². The molecule has 19 heavy (non-hydrogen) atoms. The summed E-state index contributed by atoms with van der Waals surface area (Å²) in [4.78, 5) is 0. The van der Waals surface area contributed by atoms with Crippen LogP contribution in [-0.4, -0.2) is 11.0 Å². The van der Waals surface area contributed by atoms with E-state index < -0.39 is 0 Å². The predicted molar refractivity (Wildman–Crippen MR) is 84.2 cm³/mol. The highest BCUT2D eigenvalue weighted by molar-refractivity contribution is 7.99. The van der Waals surface area contributed by atoms with Crippen LogP contribution in [0.25, 0.3) is 0 Å². The first-order chi connectivity index (χ1) is 9.33. The number of rotatable bonds is 5. The summed E-state index contributed by atoms with van der Waals surface area (Å²) >= 11 is 2.33. The van der Waals surface area contributed by atoms with Crippen LogP contribution in [0, 0.1) is 41.4 Å². The van der Waals surface area contributed by atoms with Gasteiger partial charge in [-0.2, -0.15) is 11.8 Å². The molecule has 4 aliphatic rings. The fourth-order valence-corrected chi connectivity index (χ4v) is 8.12. The Hall–Kier alpha value is 0.0900. The van der Waals surface area contributed by atoms with E-state index in [2.05, 4.69) is 31.3 Å². The van der Waals surface area contributed by atoms with Gasteiger partial charge in [0.1, 0.15) is 0 Å². The van der Waals surface area contributed by atoms with Crippen molar-refractivity contribution >= 4 is 11.8 Å². The molecular weight excluding hydrogens is 248 g/mol. The van der Waals surface area contributed by atoms with Crippen molar-refractivity contribution < 1.29 is 0 Å². The van der Waals surface area contributed by atoms with Crippen molar-refractivity contribution in [2.45, 2.75) is 50.7 Å². The molecule has 0 aromatic rings. The largest absolute Gasteiger partial charge is 0.158 e. The molecule has 2 unspecified atom stereocenters. The zero-order valence-corrected chi connectivity index (χ0v) is 13.1. The van der Waals surface area contributed by atoms with Crippen LogP contribution < -0.4 is 0 Å². The van der Waals surface area contributed by atoms with E-state index >= 15 is 0 Å². The van der Waals surface area contributed by atoms with E-state index in [0.717, 1.165) is 46.7 Å². The van der Waals surface area contributed by atoms with E-state index in [9.17, 15) is 0 Å². The lowest BCUT2D eigenvalue weighted by molar-refractivity contribution is 0.125. The Morgan fingerprint density at radius 2 is 1.84 bits per heavy atom. The third kappa shape index (κ3) is 1.79. The van der Waals surface area contributed by atoms with Crippen LogP contribution in [0.4, 0.5) is 0 Å². The molecule has 106 valence electrons. The van der Waals surface area contributed by atoms with Crippen LogP contribution in [0.1, 0.15) is 45.4 Å². The van der Waals surface area contributed by atoms with Crippen LogP contribution >= 0.6 is 11.8 Å². The van der Waals surface area contributed by atoms with Gasteiger partial charge in [-0.05, 0) is 79.3 Å². The Balaban J connectivity index is 1.47. The van der Waals surface area contributed by atoms with Gasteiger partial charge >= 0.3 is 0 Å². The minimum Gasteiger partial charge on any atom is -0.158 e. The first-order valence-electron chi connectivity index (χ1n) is 8.57. The summed E-state index contributed by atoms with van der Waals surface area (Å²) < 4.78 is 0. The summed E-state index contributed by atoms with van der Waals surface area (Å²) in [6, 6.07) is 0. The van der Waals surface area contributed by atoms with Crippen molar-refractivity contribution in [1.29, 1.82) is 0 Å². The van der Waals surface area contributed by atoms with Crippen molar-refractivity contribution in [2.75, 3.05) is 5.75 Å². The lowest BCUT2D eigenvalue weighted by atomic mass is 9.67. The summed E-state index contributed by atoms with van der Waals surface area (Å²) in [5.41, 5.74) is 0.